The molecule has 1 amide bonds. The Morgan fingerprint density at radius 3 is 2.20 bits per heavy atom. The van der Waals surface area contributed by atoms with Crippen molar-refractivity contribution in [2.75, 3.05) is 26.2 Å². The van der Waals surface area contributed by atoms with E-state index in [1.807, 2.05) is 0 Å². The number of hydrogen-bond donors (Lipinski definition) is 1. The van der Waals surface area contributed by atoms with Gasteiger partial charge in [-0.05, 0) is 111 Å². The maximum Gasteiger partial charge on any atom is 0.416 e. The monoisotopic (exact) mass is 642 g/mol. The van der Waals surface area contributed by atoms with Crippen molar-refractivity contribution in [2.45, 2.75) is 81.4 Å². The average Bonchev–Trinajstić information content (AvgIpc) is 3.85. The summed E-state index contributed by atoms with van der Waals surface area (Å²) < 4.78 is 102. The molecule has 2 saturated heterocycles. The van der Waals surface area contributed by atoms with E-state index in [1.54, 1.807) is 6.07 Å². The molecule has 13 heteroatoms. The van der Waals surface area contributed by atoms with Gasteiger partial charge in [0.05, 0.1) is 23.3 Å². The summed E-state index contributed by atoms with van der Waals surface area (Å²) in [5, 5.41) is 9.26. The number of nitrogens with zero attached hydrogens (tertiary/aromatic N) is 2. The summed E-state index contributed by atoms with van der Waals surface area (Å²) in [6.07, 6.45) is -6.07. The molecule has 0 aromatic heterocycles. The lowest BCUT2D eigenvalue weighted by molar-refractivity contribution is -0.177. The first-order valence-electron chi connectivity index (χ1n) is 15.2. The van der Waals surface area contributed by atoms with Gasteiger partial charge in [0.15, 0.2) is 0 Å². The van der Waals surface area contributed by atoms with Crippen LogP contribution >= 0.6 is 0 Å². The van der Waals surface area contributed by atoms with E-state index in [0.29, 0.717) is 25.9 Å². The molecule has 0 spiro atoms. The van der Waals surface area contributed by atoms with E-state index in [1.165, 1.54) is 17.0 Å². The Morgan fingerprint density at radius 2 is 1.62 bits per heavy atom. The van der Waals surface area contributed by atoms with Gasteiger partial charge in [0.1, 0.15) is 11.4 Å². The Bertz CT molecular complexity index is 1470. The highest BCUT2D eigenvalue weighted by molar-refractivity contribution is 5.88. The fraction of sp³-hybridized carbons (Fsp3) is 0.562. The highest BCUT2D eigenvalue weighted by atomic mass is 19.4. The highest BCUT2D eigenvalue weighted by Gasteiger charge is 2.56. The lowest BCUT2D eigenvalue weighted by Crippen LogP contribution is -2.58. The van der Waals surface area contributed by atoms with Crippen LogP contribution in [0.2, 0.25) is 0 Å². The third kappa shape index (κ3) is 6.17. The van der Waals surface area contributed by atoms with Crippen LogP contribution in [0.3, 0.4) is 0 Å². The molecular weight excluding hydrogens is 609 g/mol. The Morgan fingerprint density at radius 1 is 0.911 bits per heavy atom. The SMILES string of the molecule is O=C(O)c1cc(C2CCN([C@@H]3CC[C@@](C(=O)N4CCc5c(cc(C(F)(F)F)cc5C(F)(F)F)C4)(C4CC4)OC3)CC2)ccc1F. The molecule has 0 radical (unpaired) electrons. The summed E-state index contributed by atoms with van der Waals surface area (Å²) in [5.41, 5.74) is -3.76. The van der Waals surface area contributed by atoms with Crippen LogP contribution in [0.25, 0.3) is 0 Å². The van der Waals surface area contributed by atoms with E-state index >= 15 is 0 Å². The van der Waals surface area contributed by atoms with E-state index in [4.69, 9.17) is 4.74 Å². The van der Waals surface area contributed by atoms with E-state index in [-0.39, 0.29) is 72.7 Å². The van der Waals surface area contributed by atoms with Gasteiger partial charge in [-0.2, -0.15) is 26.3 Å². The summed E-state index contributed by atoms with van der Waals surface area (Å²) in [7, 11) is 0. The molecule has 3 aliphatic heterocycles. The summed E-state index contributed by atoms with van der Waals surface area (Å²) in [5.74, 6) is -2.43. The van der Waals surface area contributed by atoms with Gasteiger partial charge in [-0.25, -0.2) is 9.18 Å². The van der Waals surface area contributed by atoms with Crippen molar-refractivity contribution in [3.8, 4) is 0 Å². The largest absolute Gasteiger partial charge is 0.478 e. The number of halogens is 7. The van der Waals surface area contributed by atoms with Gasteiger partial charge in [-0.1, -0.05) is 6.07 Å². The molecule has 45 heavy (non-hydrogen) atoms. The number of fused-ring (bicyclic) bond motifs is 1. The van der Waals surface area contributed by atoms with Crippen molar-refractivity contribution >= 4 is 11.9 Å². The molecule has 2 aromatic rings. The van der Waals surface area contributed by atoms with Gasteiger partial charge >= 0.3 is 18.3 Å². The Kier molecular flexibility index (Phi) is 8.16. The zero-order valence-corrected chi connectivity index (χ0v) is 24.3. The molecule has 244 valence electrons. The first-order chi connectivity index (χ1) is 21.2. The number of amides is 1. The molecule has 1 N–H and O–H groups in total. The maximum absolute atomic E-state index is 14.0. The molecule has 2 aromatic carbocycles. The third-order valence-electron chi connectivity index (χ3n) is 9.97. The second-order valence-corrected chi connectivity index (χ2v) is 12.7. The van der Waals surface area contributed by atoms with Crippen molar-refractivity contribution < 1.29 is 50.2 Å². The van der Waals surface area contributed by atoms with Crippen molar-refractivity contribution in [1.29, 1.82) is 0 Å². The first kappa shape index (κ1) is 31.8. The number of benzene rings is 2. The lowest BCUT2D eigenvalue weighted by atomic mass is 9.83. The molecule has 2 atom stereocenters. The van der Waals surface area contributed by atoms with Crippen LogP contribution < -0.4 is 0 Å². The molecule has 3 fully saturated rings. The molecule has 0 bridgehead atoms. The van der Waals surface area contributed by atoms with Gasteiger partial charge in [0, 0.05) is 19.1 Å². The smallest absolute Gasteiger partial charge is 0.416 e. The lowest BCUT2D eigenvalue weighted by Gasteiger charge is -2.47. The van der Waals surface area contributed by atoms with Gasteiger partial charge in [-0.3, -0.25) is 9.69 Å². The van der Waals surface area contributed by atoms with Gasteiger partial charge in [-0.15, -0.1) is 0 Å². The quantitative estimate of drug-likeness (QED) is 0.370. The van der Waals surface area contributed by atoms with Crippen LogP contribution in [-0.2, 0) is 34.8 Å². The minimum absolute atomic E-state index is 0.0270. The van der Waals surface area contributed by atoms with Crippen LogP contribution in [0.15, 0.2) is 30.3 Å². The normalized spacial score (nSPS) is 25.2. The predicted molar refractivity (Wildman–Crippen MR) is 147 cm³/mol. The number of ether oxygens (including phenoxy) is 1. The number of likely N-dealkylation sites (tertiary alicyclic amines) is 1. The fourth-order valence-corrected chi connectivity index (χ4v) is 7.40. The van der Waals surface area contributed by atoms with Crippen molar-refractivity contribution in [3.63, 3.8) is 0 Å². The van der Waals surface area contributed by atoms with E-state index in [2.05, 4.69) is 4.90 Å². The van der Waals surface area contributed by atoms with E-state index < -0.39 is 40.9 Å². The van der Waals surface area contributed by atoms with Crippen LogP contribution in [0.4, 0.5) is 30.7 Å². The Hall–Kier alpha value is -3.19. The van der Waals surface area contributed by atoms with Crippen molar-refractivity contribution in [3.05, 3.63) is 69.5 Å². The zero-order chi connectivity index (χ0) is 32.3. The molecule has 6 nitrogen and oxygen atoms in total. The topological polar surface area (TPSA) is 70.1 Å². The van der Waals surface area contributed by atoms with Crippen molar-refractivity contribution in [2.24, 2.45) is 5.92 Å². The van der Waals surface area contributed by atoms with Crippen molar-refractivity contribution in [1.82, 2.24) is 9.80 Å². The molecule has 1 saturated carbocycles. The van der Waals surface area contributed by atoms with Crippen LogP contribution in [0.1, 0.15) is 82.6 Å². The zero-order valence-electron chi connectivity index (χ0n) is 24.3. The number of rotatable bonds is 5. The number of carbonyl (C=O) groups is 2. The second-order valence-electron chi connectivity index (χ2n) is 12.7. The van der Waals surface area contributed by atoms with Crippen LogP contribution in [0.5, 0.6) is 0 Å². The van der Waals surface area contributed by atoms with Crippen LogP contribution in [0, 0.1) is 11.7 Å². The first-order valence-corrected chi connectivity index (χ1v) is 15.2. The molecule has 6 rings (SSSR count). The molecule has 4 aliphatic rings. The standard InChI is InChI=1S/C32H33F7N2O4/c33-27-4-1-19(14-25(27)28(42)43)18-6-10-40(11-7-18)23-5-9-30(45-17-23,21-2-3-21)29(44)41-12-8-24-20(16-41)13-22(31(34,35)36)15-26(24)32(37,38)39/h1,4,13-15,18,21,23H,2-3,5-12,16-17H2,(H,42,43)/t23-,30+/m1/s1. The maximum atomic E-state index is 14.0. The number of carbonyl (C=O) groups excluding carboxylic acids is 1. The number of hydrogen-bond acceptors (Lipinski definition) is 4. The number of aromatic carboxylic acids is 1. The number of piperidine rings is 1. The van der Waals surface area contributed by atoms with Gasteiger partial charge in [0.25, 0.3) is 5.91 Å². The molecule has 0 unspecified atom stereocenters. The number of carboxylic acids is 1. The van der Waals surface area contributed by atoms with E-state index in [0.717, 1.165) is 37.3 Å². The van der Waals surface area contributed by atoms with Gasteiger partial charge in [0.2, 0.25) is 0 Å². The minimum Gasteiger partial charge on any atom is -0.478 e. The summed E-state index contributed by atoms with van der Waals surface area (Å²) in [4.78, 5) is 29.0. The van der Waals surface area contributed by atoms with E-state index in [9.17, 15) is 45.4 Å². The summed E-state index contributed by atoms with van der Waals surface area (Å²) in [6.45, 7) is 1.29. The third-order valence-corrected chi connectivity index (χ3v) is 9.97. The van der Waals surface area contributed by atoms with Crippen LogP contribution in [-0.4, -0.2) is 64.7 Å². The molecular formula is C32H33F7N2O4. The highest BCUT2D eigenvalue weighted by Crippen LogP contribution is 2.49. The summed E-state index contributed by atoms with van der Waals surface area (Å²) >= 11 is 0. The number of carboxylic acid groups (broad SMARTS) is 1. The average molecular weight is 643 g/mol. The Labute approximate surface area is 255 Å². The second kappa shape index (κ2) is 11.6. The van der Waals surface area contributed by atoms with Gasteiger partial charge < -0.3 is 14.7 Å². The molecule has 1 aliphatic carbocycles. The summed E-state index contributed by atoms with van der Waals surface area (Å²) in [6, 6.07) is 5.10. The fourth-order valence-electron chi connectivity index (χ4n) is 7.40. The minimum atomic E-state index is -4.97. The number of alkyl halides is 6. The Balaban J connectivity index is 1.12. The predicted octanol–water partition coefficient (Wildman–Crippen LogP) is 6.65. The molecule has 3 heterocycles.